The third-order valence-electron chi connectivity index (χ3n) is 4.16. The van der Waals surface area contributed by atoms with Gasteiger partial charge in [0.2, 0.25) is 5.17 Å². The first-order valence-electron chi connectivity index (χ1n) is 8.59. The van der Waals surface area contributed by atoms with Gasteiger partial charge < -0.3 is 4.57 Å². The number of nitrogens with one attached hydrogen (secondary N) is 1. The minimum absolute atomic E-state index is 0.0190. The number of amidine groups is 2. The second-order valence-corrected chi connectivity index (χ2v) is 8.11. The highest BCUT2D eigenvalue weighted by Crippen LogP contribution is 2.30. The molecule has 1 aromatic carbocycles. The number of nitrogens with zero attached hydrogens (tertiary/aromatic N) is 4. The molecule has 0 bridgehead atoms. The minimum Gasteiger partial charge on any atom is -0.317 e. The molecule has 0 unspecified atom stereocenters. The van der Waals surface area contributed by atoms with Gasteiger partial charge in [-0.2, -0.15) is 15.1 Å². The normalized spacial score (nSPS) is 17.8. The molecule has 0 saturated carbocycles. The summed E-state index contributed by atoms with van der Waals surface area (Å²) in [7, 11) is 0. The molecule has 2 aliphatic heterocycles. The summed E-state index contributed by atoms with van der Waals surface area (Å²) in [5, 5.41) is 16.6. The van der Waals surface area contributed by atoms with Crippen LogP contribution in [0.25, 0.3) is 11.8 Å². The van der Waals surface area contributed by atoms with E-state index in [0.29, 0.717) is 20.9 Å². The van der Waals surface area contributed by atoms with Crippen molar-refractivity contribution in [3.05, 3.63) is 57.8 Å². The number of carbonyl (C=O) groups is 1. The molecule has 2 aliphatic rings. The summed E-state index contributed by atoms with van der Waals surface area (Å²) >= 11 is 13.6. The molecule has 0 fully saturated rings. The van der Waals surface area contributed by atoms with Gasteiger partial charge in [-0.05, 0) is 61.0 Å². The van der Waals surface area contributed by atoms with Crippen molar-refractivity contribution >= 4 is 63.0 Å². The number of thioether (sulfide) groups is 1. The second kappa shape index (κ2) is 7.58. The maximum Gasteiger partial charge on any atom is 0.283 e. The molecule has 1 aromatic heterocycles. The van der Waals surface area contributed by atoms with E-state index in [-0.39, 0.29) is 11.4 Å². The lowest BCUT2D eigenvalue weighted by Gasteiger charge is -2.20. The largest absolute Gasteiger partial charge is 0.317 e. The molecule has 0 atom stereocenters. The lowest BCUT2D eigenvalue weighted by molar-refractivity contribution is -0.114. The molecule has 142 valence electrons. The Labute approximate surface area is 176 Å². The van der Waals surface area contributed by atoms with Gasteiger partial charge in [0, 0.05) is 27.6 Å². The molecule has 0 radical (unpaired) electrons. The Bertz CT molecular complexity index is 1070. The van der Waals surface area contributed by atoms with Crippen LogP contribution in [0.15, 0.2) is 52.2 Å². The van der Waals surface area contributed by atoms with Crippen LogP contribution in [-0.2, 0) is 4.79 Å². The third kappa shape index (κ3) is 3.53. The molecule has 28 heavy (non-hydrogen) atoms. The molecule has 2 aromatic rings. The molecule has 4 rings (SSSR count). The zero-order chi connectivity index (χ0) is 19.8. The maximum atomic E-state index is 12.6. The lowest BCUT2D eigenvalue weighted by atomic mass is 10.1. The quantitative estimate of drug-likeness (QED) is 0.675. The van der Waals surface area contributed by atoms with Crippen molar-refractivity contribution < 1.29 is 4.79 Å². The van der Waals surface area contributed by atoms with Gasteiger partial charge in [0.15, 0.2) is 5.84 Å². The van der Waals surface area contributed by atoms with Gasteiger partial charge in [-0.1, -0.05) is 30.1 Å². The summed E-state index contributed by atoms with van der Waals surface area (Å²) in [5.41, 5.74) is 1.64. The van der Waals surface area contributed by atoms with E-state index in [0.717, 1.165) is 23.6 Å². The first kappa shape index (κ1) is 19.0. The van der Waals surface area contributed by atoms with Crippen molar-refractivity contribution in [2.75, 3.05) is 0 Å². The molecule has 0 saturated heterocycles. The molecular formula is C19H15Cl2N5OS. The summed E-state index contributed by atoms with van der Waals surface area (Å²) in [6, 6.07) is 8.89. The molecule has 9 heteroatoms. The number of aromatic nitrogens is 1. The zero-order valence-corrected chi connectivity index (χ0v) is 17.1. The van der Waals surface area contributed by atoms with E-state index in [1.807, 2.05) is 22.9 Å². The Balaban J connectivity index is 1.72. The molecular weight excluding hydrogens is 417 g/mol. The Morgan fingerprint density at radius 1 is 1.25 bits per heavy atom. The Hall–Kier alpha value is -2.35. The van der Waals surface area contributed by atoms with Crippen molar-refractivity contribution in [3.63, 3.8) is 0 Å². The average molecular weight is 432 g/mol. The number of carbonyl (C=O) groups excluding carboxylic acids is 1. The summed E-state index contributed by atoms with van der Waals surface area (Å²) in [6.07, 6.45) is 5.20. The van der Waals surface area contributed by atoms with E-state index in [9.17, 15) is 4.79 Å². The predicted molar refractivity (Wildman–Crippen MR) is 116 cm³/mol. The second-order valence-electron chi connectivity index (χ2n) is 6.19. The molecule has 0 aliphatic carbocycles. The molecule has 3 heterocycles. The predicted octanol–water partition coefficient (Wildman–Crippen LogP) is 5.20. The van der Waals surface area contributed by atoms with Crippen LogP contribution >= 0.6 is 35.0 Å². The fourth-order valence-corrected chi connectivity index (χ4v) is 4.42. The maximum absolute atomic E-state index is 12.6. The third-order valence-corrected chi connectivity index (χ3v) is 5.56. The van der Waals surface area contributed by atoms with Crippen LogP contribution in [0.3, 0.4) is 0 Å². The highest BCUT2D eigenvalue weighted by Gasteiger charge is 2.35. The van der Waals surface area contributed by atoms with E-state index < -0.39 is 5.91 Å². The van der Waals surface area contributed by atoms with Gasteiger partial charge in [0.25, 0.3) is 5.91 Å². The summed E-state index contributed by atoms with van der Waals surface area (Å²) < 4.78 is 1.84. The van der Waals surface area contributed by atoms with E-state index in [2.05, 4.69) is 17.0 Å². The van der Waals surface area contributed by atoms with Crippen LogP contribution in [0.5, 0.6) is 0 Å². The van der Waals surface area contributed by atoms with Crippen LogP contribution in [-0.4, -0.2) is 31.5 Å². The minimum atomic E-state index is -0.450. The topological polar surface area (TPSA) is 73.8 Å². The number of benzene rings is 1. The number of fused-ring (bicyclic) bond motifs is 1. The summed E-state index contributed by atoms with van der Waals surface area (Å²) in [6.45, 7) is 2.06. The van der Waals surface area contributed by atoms with E-state index >= 15 is 0 Å². The van der Waals surface area contributed by atoms with Gasteiger partial charge in [-0.3, -0.25) is 10.2 Å². The number of halogens is 2. The van der Waals surface area contributed by atoms with Crippen LogP contribution < -0.4 is 0 Å². The number of hydrogen-bond acceptors (Lipinski definition) is 4. The van der Waals surface area contributed by atoms with Crippen LogP contribution in [0.1, 0.15) is 25.5 Å². The van der Waals surface area contributed by atoms with E-state index in [1.165, 1.54) is 16.8 Å². The van der Waals surface area contributed by atoms with E-state index in [4.69, 9.17) is 28.6 Å². The highest BCUT2D eigenvalue weighted by molar-refractivity contribution is 8.26. The Morgan fingerprint density at radius 2 is 2.00 bits per heavy atom. The van der Waals surface area contributed by atoms with Crippen LogP contribution in [0.2, 0.25) is 10.0 Å². The average Bonchev–Trinajstić information content (AvgIpc) is 3.25. The fraction of sp³-hybridized carbons (Fsp3) is 0.158. The Kier molecular flexibility index (Phi) is 5.14. The van der Waals surface area contributed by atoms with Crippen molar-refractivity contribution in [2.45, 2.75) is 19.8 Å². The summed E-state index contributed by atoms with van der Waals surface area (Å²) in [4.78, 5) is 16.7. The smallest absolute Gasteiger partial charge is 0.283 e. The lowest BCUT2D eigenvalue weighted by Crippen LogP contribution is -2.35. The van der Waals surface area contributed by atoms with Crippen molar-refractivity contribution in [2.24, 2.45) is 10.1 Å². The van der Waals surface area contributed by atoms with Gasteiger partial charge in [-0.25, -0.2) is 0 Å². The number of aliphatic imine (C=N–C) groups is 1. The van der Waals surface area contributed by atoms with Gasteiger partial charge in [-0.15, -0.1) is 0 Å². The fourth-order valence-electron chi connectivity index (χ4n) is 2.92. The SMILES string of the molecule is CCCC1=NN2C(=N)/C(=C/c3cccn3-c3cc(Cl)cc(Cl)c3)C(=O)N=C2S1. The van der Waals surface area contributed by atoms with E-state index in [1.54, 1.807) is 24.3 Å². The highest BCUT2D eigenvalue weighted by atomic mass is 35.5. The van der Waals surface area contributed by atoms with Crippen molar-refractivity contribution in [1.29, 1.82) is 5.41 Å². The number of amides is 1. The number of rotatable bonds is 4. The van der Waals surface area contributed by atoms with Crippen molar-refractivity contribution in [1.82, 2.24) is 9.58 Å². The van der Waals surface area contributed by atoms with Gasteiger partial charge in [0.1, 0.15) is 5.04 Å². The van der Waals surface area contributed by atoms with Gasteiger partial charge in [0.05, 0.1) is 5.57 Å². The van der Waals surface area contributed by atoms with Crippen LogP contribution in [0, 0.1) is 5.41 Å². The zero-order valence-electron chi connectivity index (χ0n) is 14.8. The number of hydrazone groups is 1. The monoisotopic (exact) mass is 431 g/mol. The first-order valence-corrected chi connectivity index (χ1v) is 10.2. The summed E-state index contributed by atoms with van der Waals surface area (Å²) in [5.74, 6) is -0.431. The molecule has 6 nitrogen and oxygen atoms in total. The molecule has 1 amide bonds. The number of hydrogen-bond donors (Lipinski definition) is 1. The first-order chi connectivity index (χ1) is 13.5. The van der Waals surface area contributed by atoms with Gasteiger partial charge >= 0.3 is 0 Å². The van der Waals surface area contributed by atoms with Crippen molar-refractivity contribution in [3.8, 4) is 5.69 Å². The molecule has 1 N–H and O–H groups in total. The molecule has 0 spiro atoms. The standard InChI is InChI=1S/C19H15Cl2N5OS/c1-2-4-16-24-26-17(22)15(18(27)23-19(26)28-16)10-13-5-3-6-25(13)14-8-11(20)7-12(21)9-14/h3,5-10,22H,2,4H2,1H3/b15-10-,22-17?. The van der Waals surface area contributed by atoms with Crippen LogP contribution in [0.4, 0.5) is 0 Å². The Morgan fingerprint density at radius 3 is 2.71 bits per heavy atom.